The van der Waals surface area contributed by atoms with Crippen LogP contribution in [0.5, 0.6) is 0 Å². The van der Waals surface area contributed by atoms with Gasteiger partial charge in [0.05, 0.1) is 0 Å². The van der Waals surface area contributed by atoms with E-state index in [2.05, 4.69) is 20.8 Å². The van der Waals surface area contributed by atoms with Gasteiger partial charge in [0.15, 0.2) is 0 Å². The molecule has 1 N–H and O–H groups in total. The topological polar surface area (TPSA) is 23.9 Å². The van der Waals surface area contributed by atoms with Crippen LogP contribution in [0.4, 0.5) is 0 Å². The van der Waals surface area contributed by atoms with Crippen LogP contribution >= 0.6 is 0 Å². The maximum absolute atomic E-state index is 7.36. The molecule has 0 fully saturated rings. The molecular weight excluding hydrogens is 170 g/mol. The van der Waals surface area contributed by atoms with Gasteiger partial charge in [-0.05, 0) is 31.6 Å². The van der Waals surface area contributed by atoms with Crippen LogP contribution in [0.2, 0.25) is 0 Å². The third kappa shape index (κ3) is 8.28. The van der Waals surface area contributed by atoms with Crippen molar-refractivity contribution >= 4 is 5.71 Å². The first kappa shape index (κ1) is 13.7. The summed E-state index contributed by atoms with van der Waals surface area (Å²) in [5, 5.41) is 7.36. The number of nitrogens with one attached hydrogen (secondary N) is 1. The van der Waals surface area contributed by atoms with Crippen molar-refractivity contribution < 1.29 is 0 Å². The van der Waals surface area contributed by atoms with Crippen molar-refractivity contribution in [1.82, 2.24) is 0 Å². The highest BCUT2D eigenvalue weighted by atomic mass is 14.4. The maximum Gasteiger partial charge on any atom is 0.00583 e. The molecule has 0 heterocycles. The van der Waals surface area contributed by atoms with E-state index >= 15 is 0 Å². The van der Waals surface area contributed by atoms with Gasteiger partial charge < -0.3 is 5.41 Å². The molecule has 0 aromatic carbocycles. The minimum atomic E-state index is 0.805. The van der Waals surface area contributed by atoms with Gasteiger partial charge in [-0.2, -0.15) is 0 Å². The Bertz CT molecular complexity index is 151. The Morgan fingerprint density at radius 2 is 1.64 bits per heavy atom. The molecule has 0 aliphatic carbocycles. The minimum Gasteiger partial charge on any atom is -0.310 e. The smallest absolute Gasteiger partial charge is 0.00583 e. The number of rotatable bonds is 8. The highest BCUT2D eigenvalue weighted by Gasteiger charge is 2.04. The predicted molar refractivity (Wildman–Crippen MR) is 65.1 cm³/mol. The summed E-state index contributed by atoms with van der Waals surface area (Å²) in [7, 11) is 0. The molecule has 2 unspecified atom stereocenters. The SMILES string of the molecule is CCC(C)CCCC(C)CCC(C)=N. The number of hydrogen-bond donors (Lipinski definition) is 1. The normalized spacial score (nSPS) is 15.1. The second-order valence-corrected chi connectivity index (χ2v) is 4.87. The summed E-state index contributed by atoms with van der Waals surface area (Å²) in [5.74, 6) is 1.70. The average Bonchev–Trinajstić information content (AvgIpc) is 2.14. The lowest BCUT2D eigenvalue weighted by molar-refractivity contribution is 0.422. The van der Waals surface area contributed by atoms with Crippen LogP contribution in [0.25, 0.3) is 0 Å². The molecule has 84 valence electrons. The molecule has 14 heavy (non-hydrogen) atoms. The van der Waals surface area contributed by atoms with Gasteiger partial charge in [0.25, 0.3) is 0 Å². The Kier molecular flexibility index (Phi) is 7.83. The summed E-state index contributed by atoms with van der Waals surface area (Å²) in [6.45, 7) is 8.84. The fourth-order valence-electron chi connectivity index (χ4n) is 1.63. The third-order valence-corrected chi connectivity index (χ3v) is 3.10. The van der Waals surface area contributed by atoms with Crippen molar-refractivity contribution in [1.29, 1.82) is 5.41 Å². The van der Waals surface area contributed by atoms with Gasteiger partial charge in [0.2, 0.25) is 0 Å². The van der Waals surface area contributed by atoms with E-state index < -0.39 is 0 Å². The molecule has 0 bridgehead atoms. The molecule has 1 heteroatoms. The lowest BCUT2D eigenvalue weighted by Gasteiger charge is -2.12. The van der Waals surface area contributed by atoms with Crippen molar-refractivity contribution in [3.8, 4) is 0 Å². The van der Waals surface area contributed by atoms with Crippen molar-refractivity contribution in [2.24, 2.45) is 11.8 Å². The quantitative estimate of drug-likeness (QED) is 0.547. The van der Waals surface area contributed by atoms with Crippen LogP contribution in [0.1, 0.15) is 66.2 Å². The average molecular weight is 197 g/mol. The van der Waals surface area contributed by atoms with E-state index in [1.807, 2.05) is 6.92 Å². The molecule has 0 saturated carbocycles. The van der Waals surface area contributed by atoms with E-state index in [0.29, 0.717) is 0 Å². The van der Waals surface area contributed by atoms with Gasteiger partial charge in [-0.1, -0.05) is 46.5 Å². The van der Waals surface area contributed by atoms with E-state index in [4.69, 9.17) is 5.41 Å². The molecule has 1 nitrogen and oxygen atoms in total. The summed E-state index contributed by atoms with van der Waals surface area (Å²) < 4.78 is 0. The summed E-state index contributed by atoms with van der Waals surface area (Å²) in [4.78, 5) is 0. The number of hydrogen-bond acceptors (Lipinski definition) is 1. The Morgan fingerprint density at radius 3 is 2.14 bits per heavy atom. The fourth-order valence-corrected chi connectivity index (χ4v) is 1.63. The van der Waals surface area contributed by atoms with E-state index in [1.54, 1.807) is 0 Å². The molecule has 0 amide bonds. The van der Waals surface area contributed by atoms with Gasteiger partial charge in [-0.15, -0.1) is 0 Å². The van der Waals surface area contributed by atoms with E-state index in [0.717, 1.165) is 24.0 Å². The Balaban J connectivity index is 3.35. The molecule has 0 rings (SSSR count). The van der Waals surface area contributed by atoms with Crippen molar-refractivity contribution in [3.63, 3.8) is 0 Å². The lowest BCUT2D eigenvalue weighted by atomic mass is 9.94. The predicted octanol–water partition coefficient (Wildman–Crippen LogP) is 4.66. The molecule has 0 saturated heterocycles. The van der Waals surface area contributed by atoms with Crippen molar-refractivity contribution in [2.45, 2.75) is 66.2 Å². The summed E-state index contributed by atoms with van der Waals surface area (Å²) in [6.07, 6.45) is 7.60. The van der Waals surface area contributed by atoms with E-state index in [1.165, 1.54) is 32.1 Å². The van der Waals surface area contributed by atoms with Crippen molar-refractivity contribution in [3.05, 3.63) is 0 Å². The van der Waals surface area contributed by atoms with Crippen LogP contribution in [0, 0.1) is 17.2 Å². The van der Waals surface area contributed by atoms with Crippen LogP contribution in [-0.4, -0.2) is 5.71 Å². The summed E-state index contributed by atoms with van der Waals surface area (Å²) in [6, 6.07) is 0. The first-order valence-electron chi connectivity index (χ1n) is 6.10. The maximum atomic E-state index is 7.36. The molecule has 0 aromatic heterocycles. The van der Waals surface area contributed by atoms with Gasteiger partial charge in [0, 0.05) is 5.71 Å². The Hall–Kier alpha value is -0.330. The van der Waals surface area contributed by atoms with Crippen LogP contribution in [0.3, 0.4) is 0 Å². The summed E-state index contributed by atoms with van der Waals surface area (Å²) >= 11 is 0. The zero-order valence-electron chi connectivity index (χ0n) is 10.4. The monoisotopic (exact) mass is 197 g/mol. The highest BCUT2D eigenvalue weighted by Crippen LogP contribution is 2.18. The first-order valence-corrected chi connectivity index (χ1v) is 6.10. The zero-order valence-corrected chi connectivity index (χ0v) is 10.4. The van der Waals surface area contributed by atoms with Crippen molar-refractivity contribution in [2.75, 3.05) is 0 Å². The van der Waals surface area contributed by atoms with E-state index in [9.17, 15) is 0 Å². The van der Waals surface area contributed by atoms with E-state index in [-0.39, 0.29) is 0 Å². The lowest BCUT2D eigenvalue weighted by Crippen LogP contribution is -2.00. The largest absolute Gasteiger partial charge is 0.310 e. The molecule has 0 spiro atoms. The molecule has 0 aliphatic rings. The third-order valence-electron chi connectivity index (χ3n) is 3.10. The molecule has 0 radical (unpaired) electrons. The second-order valence-electron chi connectivity index (χ2n) is 4.87. The van der Waals surface area contributed by atoms with Gasteiger partial charge in [-0.3, -0.25) is 0 Å². The molecule has 2 atom stereocenters. The van der Waals surface area contributed by atoms with Crippen LogP contribution in [0.15, 0.2) is 0 Å². The molecular formula is C13H27N. The zero-order chi connectivity index (χ0) is 11.0. The first-order chi connectivity index (χ1) is 6.56. The Labute approximate surface area is 89.8 Å². The highest BCUT2D eigenvalue weighted by molar-refractivity contribution is 5.78. The fraction of sp³-hybridized carbons (Fsp3) is 0.923. The van der Waals surface area contributed by atoms with Gasteiger partial charge in [-0.25, -0.2) is 0 Å². The molecule has 0 aromatic rings. The van der Waals surface area contributed by atoms with Crippen LogP contribution < -0.4 is 0 Å². The van der Waals surface area contributed by atoms with Gasteiger partial charge >= 0.3 is 0 Å². The Morgan fingerprint density at radius 1 is 1.07 bits per heavy atom. The minimum absolute atomic E-state index is 0.805. The summed E-state index contributed by atoms with van der Waals surface area (Å²) in [5.41, 5.74) is 0.832. The van der Waals surface area contributed by atoms with Crippen LogP contribution in [-0.2, 0) is 0 Å². The molecule has 0 aliphatic heterocycles. The van der Waals surface area contributed by atoms with Gasteiger partial charge in [0.1, 0.15) is 0 Å². The standard InChI is InChI=1S/C13H27N/c1-5-11(2)7-6-8-12(3)9-10-13(4)14/h11-12,14H,5-10H2,1-4H3. The second kappa shape index (κ2) is 8.02.